The van der Waals surface area contributed by atoms with Crippen LogP contribution in [0.3, 0.4) is 0 Å². The number of allylic oxidation sites excluding steroid dienone is 2. The predicted molar refractivity (Wildman–Crippen MR) is 86.6 cm³/mol. The Morgan fingerprint density at radius 1 is 1.25 bits per heavy atom. The number of nitriles is 2. The van der Waals surface area contributed by atoms with E-state index in [0.29, 0.717) is 11.8 Å². The molecule has 3 heterocycles. The highest BCUT2D eigenvalue weighted by atomic mass is 15.4. The molecule has 3 aromatic rings. The first-order valence-electron chi connectivity index (χ1n) is 7.99. The zero-order valence-corrected chi connectivity index (χ0v) is 13.0. The molecule has 1 N–H and O–H groups in total. The molecule has 24 heavy (non-hydrogen) atoms. The summed E-state index contributed by atoms with van der Waals surface area (Å²) >= 11 is 0. The molecule has 0 atom stereocenters. The number of hydrogen-bond donors (Lipinski definition) is 1. The Hall–Kier alpha value is -3.19. The maximum absolute atomic E-state index is 8.89. The number of aromatic nitrogens is 5. The van der Waals surface area contributed by atoms with Crippen LogP contribution in [0.15, 0.2) is 30.2 Å². The van der Waals surface area contributed by atoms with E-state index in [1.807, 2.05) is 30.5 Å². The molecular formula is C17H15N7. The van der Waals surface area contributed by atoms with Crippen molar-refractivity contribution in [2.45, 2.75) is 31.6 Å². The maximum atomic E-state index is 8.89. The van der Waals surface area contributed by atoms with Gasteiger partial charge < -0.3 is 4.98 Å². The van der Waals surface area contributed by atoms with Gasteiger partial charge in [0.2, 0.25) is 0 Å². The topological polar surface area (TPSA) is 106 Å². The van der Waals surface area contributed by atoms with Crippen molar-refractivity contribution in [3.63, 3.8) is 0 Å². The van der Waals surface area contributed by atoms with Crippen LogP contribution < -0.4 is 0 Å². The molecule has 1 saturated carbocycles. The normalized spacial score (nSPS) is 20.6. The molecule has 3 aromatic heterocycles. The minimum Gasteiger partial charge on any atom is -0.346 e. The second-order valence-electron chi connectivity index (χ2n) is 6.17. The molecule has 118 valence electrons. The van der Waals surface area contributed by atoms with Crippen molar-refractivity contribution < 1.29 is 0 Å². The van der Waals surface area contributed by atoms with Gasteiger partial charge in [0.05, 0.1) is 5.69 Å². The summed E-state index contributed by atoms with van der Waals surface area (Å²) in [6, 6.07) is 5.89. The van der Waals surface area contributed by atoms with E-state index in [-0.39, 0.29) is 5.57 Å². The lowest BCUT2D eigenvalue weighted by molar-refractivity contribution is 0.372. The second kappa shape index (κ2) is 5.78. The predicted octanol–water partition coefficient (Wildman–Crippen LogP) is 2.85. The molecule has 0 unspecified atom stereocenters. The van der Waals surface area contributed by atoms with Gasteiger partial charge in [0.15, 0.2) is 0 Å². The van der Waals surface area contributed by atoms with Crippen LogP contribution in [0, 0.1) is 28.6 Å². The van der Waals surface area contributed by atoms with Crippen LogP contribution in [0.2, 0.25) is 0 Å². The van der Waals surface area contributed by atoms with E-state index in [4.69, 9.17) is 10.5 Å². The molecule has 0 bridgehead atoms. The summed E-state index contributed by atoms with van der Waals surface area (Å²) in [6.07, 6.45) is 9.25. The van der Waals surface area contributed by atoms with Gasteiger partial charge in [-0.15, -0.1) is 5.10 Å². The monoisotopic (exact) mass is 317 g/mol. The minimum atomic E-state index is 0.215. The van der Waals surface area contributed by atoms with Gasteiger partial charge in [-0.2, -0.15) is 10.5 Å². The van der Waals surface area contributed by atoms with E-state index in [9.17, 15) is 0 Å². The van der Waals surface area contributed by atoms with Crippen molar-refractivity contribution in [1.29, 1.82) is 10.5 Å². The molecule has 7 nitrogen and oxygen atoms in total. The SMILES string of the molecule is N#CC(C#N)=CC1CCC(c2nnn3cnc4[nH]ccc4c23)CC1. The molecule has 1 fully saturated rings. The van der Waals surface area contributed by atoms with Crippen LogP contribution in [-0.2, 0) is 0 Å². The van der Waals surface area contributed by atoms with Crippen molar-refractivity contribution in [3.05, 3.63) is 35.9 Å². The van der Waals surface area contributed by atoms with Crippen LogP contribution in [0.1, 0.15) is 37.3 Å². The van der Waals surface area contributed by atoms with E-state index < -0.39 is 0 Å². The number of rotatable bonds is 2. The summed E-state index contributed by atoms with van der Waals surface area (Å²) < 4.78 is 1.74. The number of fused-ring (bicyclic) bond motifs is 3. The van der Waals surface area contributed by atoms with Gasteiger partial charge in [0.1, 0.15) is 35.2 Å². The second-order valence-corrected chi connectivity index (χ2v) is 6.17. The van der Waals surface area contributed by atoms with Gasteiger partial charge in [-0.25, -0.2) is 9.50 Å². The zero-order valence-electron chi connectivity index (χ0n) is 13.0. The van der Waals surface area contributed by atoms with Crippen LogP contribution in [-0.4, -0.2) is 24.8 Å². The van der Waals surface area contributed by atoms with Gasteiger partial charge in [-0.3, -0.25) is 0 Å². The van der Waals surface area contributed by atoms with Gasteiger partial charge in [-0.05, 0) is 37.7 Å². The Kier molecular flexibility index (Phi) is 3.47. The first kappa shape index (κ1) is 14.4. The van der Waals surface area contributed by atoms with Crippen molar-refractivity contribution in [2.75, 3.05) is 0 Å². The summed E-state index contributed by atoms with van der Waals surface area (Å²) in [5.74, 6) is 0.645. The summed E-state index contributed by atoms with van der Waals surface area (Å²) in [5.41, 5.74) is 3.10. The lowest BCUT2D eigenvalue weighted by Crippen LogP contribution is -2.13. The molecule has 0 aliphatic heterocycles. The fourth-order valence-electron chi connectivity index (χ4n) is 3.59. The number of nitrogens with one attached hydrogen (secondary N) is 1. The van der Waals surface area contributed by atoms with Crippen LogP contribution >= 0.6 is 0 Å². The minimum absolute atomic E-state index is 0.215. The fourth-order valence-corrected chi connectivity index (χ4v) is 3.59. The smallest absolute Gasteiger partial charge is 0.141 e. The van der Waals surface area contributed by atoms with Crippen molar-refractivity contribution >= 4 is 16.6 Å². The highest BCUT2D eigenvalue weighted by Crippen LogP contribution is 2.38. The van der Waals surface area contributed by atoms with Crippen molar-refractivity contribution in [2.24, 2.45) is 5.92 Å². The first-order chi connectivity index (χ1) is 11.8. The molecule has 7 heteroatoms. The number of nitrogens with zero attached hydrogens (tertiary/aromatic N) is 6. The molecule has 0 saturated heterocycles. The molecule has 1 aliphatic rings. The maximum Gasteiger partial charge on any atom is 0.141 e. The first-order valence-corrected chi connectivity index (χ1v) is 7.99. The van der Waals surface area contributed by atoms with Gasteiger partial charge >= 0.3 is 0 Å². The Balaban J connectivity index is 1.62. The number of H-pyrrole nitrogens is 1. The zero-order chi connectivity index (χ0) is 16.5. The van der Waals surface area contributed by atoms with Crippen LogP contribution in [0.5, 0.6) is 0 Å². The van der Waals surface area contributed by atoms with E-state index in [1.165, 1.54) is 0 Å². The van der Waals surface area contributed by atoms with E-state index in [2.05, 4.69) is 20.3 Å². The Labute approximate surface area is 138 Å². The highest BCUT2D eigenvalue weighted by Gasteiger charge is 2.26. The summed E-state index contributed by atoms with van der Waals surface area (Å²) in [5, 5.41) is 27.4. The van der Waals surface area contributed by atoms with Crippen molar-refractivity contribution in [1.82, 2.24) is 24.8 Å². The molecular weight excluding hydrogens is 302 g/mol. The lowest BCUT2D eigenvalue weighted by atomic mass is 9.79. The average Bonchev–Trinajstić information content (AvgIpc) is 3.26. The lowest BCUT2D eigenvalue weighted by Gasteiger charge is -2.25. The summed E-state index contributed by atoms with van der Waals surface area (Å²) in [6.45, 7) is 0. The van der Waals surface area contributed by atoms with Crippen LogP contribution in [0.25, 0.3) is 16.6 Å². The van der Waals surface area contributed by atoms with Gasteiger partial charge in [0, 0.05) is 17.5 Å². The third-order valence-corrected chi connectivity index (χ3v) is 4.80. The average molecular weight is 317 g/mol. The largest absolute Gasteiger partial charge is 0.346 e. The molecule has 0 spiro atoms. The van der Waals surface area contributed by atoms with E-state index in [1.54, 1.807) is 10.8 Å². The van der Waals surface area contributed by atoms with Crippen LogP contribution in [0.4, 0.5) is 0 Å². The summed E-state index contributed by atoms with van der Waals surface area (Å²) in [4.78, 5) is 7.45. The molecule has 0 aromatic carbocycles. The number of aromatic amines is 1. The quantitative estimate of drug-likeness (QED) is 0.731. The highest BCUT2D eigenvalue weighted by molar-refractivity contribution is 5.92. The molecule has 0 radical (unpaired) electrons. The van der Waals surface area contributed by atoms with E-state index >= 15 is 0 Å². The molecule has 4 rings (SSSR count). The van der Waals surface area contributed by atoms with Gasteiger partial charge in [0.25, 0.3) is 0 Å². The number of hydrogen-bond acceptors (Lipinski definition) is 5. The summed E-state index contributed by atoms with van der Waals surface area (Å²) in [7, 11) is 0. The fraction of sp³-hybridized carbons (Fsp3) is 0.353. The Morgan fingerprint density at radius 3 is 2.79 bits per heavy atom. The van der Waals surface area contributed by atoms with Gasteiger partial charge in [-0.1, -0.05) is 11.3 Å². The third-order valence-electron chi connectivity index (χ3n) is 4.80. The molecule has 0 amide bonds. The third kappa shape index (κ3) is 2.31. The Bertz CT molecular complexity index is 987. The molecule has 1 aliphatic carbocycles. The van der Waals surface area contributed by atoms with Crippen molar-refractivity contribution in [3.8, 4) is 12.1 Å². The van der Waals surface area contributed by atoms with E-state index in [0.717, 1.165) is 47.9 Å². The standard InChI is InChI=1S/C17H15N7/c18-8-12(9-19)7-11-1-3-13(4-2-11)15-16-14-5-6-20-17(14)21-10-24(16)23-22-15/h5-7,10-11,13,20H,1-4H2. The Morgan fingerprint density at radius 2 is 2.04 bits per heavy atom.